The number of rotatable bonds is 5. The van der Waals surface area contributed by atoms with Crippen molar-refractivity contribution >= 4 is 17.8 Å². The molecule has 0 atom stereocenters. The molecule has 1 amide bonds. The van der Waals surface area contributed by atoms with Gasteiger partial charge in [0, 0.05) is 35.6 Å². The average molecular weight is 379 g/mol. The molecule has 6 heteroatoms. The number of likely N-dealkylation sites (N-methyl/N-ethyl adjacent to an activating group) is 1. The molecule has 0 aromatic heterocycles. The summed E-state index contributed by atoms with van der Waals surface area (Å²) in [4.78, 5) is 14.5. The van der Waals surface area contributed by atoms with Crippen LogP contribution in [0.3, 0.4) is 0 Å². The summed E-state index contributed by atoms with van der Waals surface area (Å²) in [6.07, 6.45) is 3.53. The first kappa shape index (κ1) is 19.5. The lowest BCUT2D eigenvalue weighted by molar-refractivity contribution is 0.0954. The standard InChI is InChI=1S/C22H25N3O3/c1-22(2)16-8-6-7-9-17(16)25(3)20(22)12-13-23-24-21(26)15-10-11-18(27-4)19(14-15)28-5/h6-14H,1-5H3,(H,24,26)/b20-12+,23-13-. The third-order valence-corrected chi connectivity index (χ3v) is 5.06. The lowest BCUT2D eigenvalue weighted by atomic mass is 9.84. The Morgan fingerprint density at radius 2 is 1.82 bits per heavy atom. The van der Waals surface area contributed by atoms with Crippen molar-refractivity contribution in [2.24, 2.45) is 5.10 Å². The molecule has 2 aromatic rings. The SMILES string of the molecule is COc1ccc(C(=O)N/N=C\C=C2\N(C)c3ccccc3C2(C)C)cc1OC. The predicted molar refractivity (Wildman–Crippen MR) is 111 cm³/mol. The largest absolute Gasteiger partial charge is 0.493 e. The molecular weight excluding hydrogens is 354 g/mol. The van der Waals surface area contributed by atoms with E-state index in [1.54, 1.807) is 31.5 Å². The summed E-state index contributed by atoms with van der Waals surface area (Å²) in [7, 11) is 5.12. The minimum Gasteiger partial charge on any atom is -0.493 e. The average Bonchev–Trinajstić information content (AvgIpc) is 2.90. The second-order valence-corrected chi connectivity index (χ2v) is 7.04. The Labute approximate surface area is 165 Å². The zero-order valence-electron chi connectivity index (χ0n) is 16.8. The summed E-state index contributed by atoms with van der Waals surface area (Å²) in [5, 5.41) is 4.07. The second kappa shape index (κ2) is 7.76. The van der Waals surface area contributed by atoms with Gasteiger partial charge in [-0.1, -0.05) is 32.0 Å². The summed E-state index contributed by atoms with van der Waals surface area (Å²) < 4.78 is 10.4. The Morgan fingerprint density at radius 1 is 1.11 bits per heavy atom. The first-order chi connectivity index (χ1) is 13.4. The van der Waals surface area contributed by atoms with Gasteiger partial charge in [0.05, 0.1) is 14.2 Å². The molecule has 1 heterocycles. The molecule has 6 nitrogen and oxygen atoms in total. The highest BCUT2D eigenvalue weighted by atomic mass is 16.5. The van der Waals surface area contributed by atoms with Crippen molar-refractivity contribution < 1.29 is 14.3 Å². The van der Waals surface area contributed by atoms with E-state index in [0.717, 1.165) is 5.70 Å². The lowest BCUT2D eigenvalue weighted by Gasteiger charge is -2.23. The van der Waals surface area contributed by atoms with Gasteiger partial charge >= 0.3 is 0 Å². The molecule has 0 bridgehead atoms. The number of nitrogens with zero attached hydrogens (tertiary/aromatic N) is 2. The number of hydrazone groups is 1. The third-order valence-electron chi connectivity index (χ3n) is 5.06. The van der Waals surface area contributed by atoms with Crippen LogP contribution in [0.2, 0.25) is 0 Å². The number of amides is 1. The van der Waals surface area contributed by atoms with E-state index in [2.05, 4.69) is 47.5 Å². The van der Waals surface area contributed by atoms with Gasteiger partial charge in [-0.15, -0.1) is 0 Å². The van der Waals surface area contributed by atoms with Crippen LogP contribution >= 0.6 is 0 Å². The normalized spacial score (nSPS) is 16.3. The summed E-state index contributed by atoms with van der Waals surface area (Å²) in [5.41, 5.74) is 6.41. The Hall–Kier alpha value is -3.28. The van der Waals surface area contributed by atoms with Crippen LogP contribution < -0.4 is 19.8 Å². The van der Waals surface area contributed by atoms with E-state index in [0.29, 0.717) is 17.1 Å². The number of ether oxygens (including phenoxy) is 2. The molecule has 28 heavy (non-hydrogen) atoms. The number of methoxy groups -OCH3 is 2. The highest BCUT2D eigenvalue weighted by Crippen LogP contribution is 2.46. The van der Waals surface area contributed by atoms with E-state index >= 15 is 0 Å². The molecule has 1 N–H and O–H groups in total. The van der Waals surface area contributed by atoms with E-state index < -0.39 is 0 Å². The van der Waals surface area contributed by atoms with Crippen LogP contribution in [0, 0.1) is 0 Å². The van der Waals surface area contributed by atoms with Gasteiger partial charge in [-0.2, -0.15) is 5.10 Å². The van der Waals surface area contributed by atoms with Crippen LogP contribution in [0.5, 0.6) is 11.5 Å². The zero-order valence-corrected chi connectivity index (χ0v) is 16.8. The Balaban J connectivity index is 1.73. The van der Waals surface area contributed by atoms with Gasteiger partial charge in [-0.25, -0.2) is 5.43 Å². The van der Waals surface area contributed by atoms with Crippen molar-refractivity contribution in [3.63, 3.8) is 0 Å². The lowest BCUT2D eigenvalue weighted by Crippen LogP contribution is -2.23. The highest BCUT2D eigenvalue weighted by molar-refractivity contribution is 5.95. The van der Waals surface area contributed by atoms with Gasteiger partial charge in [0.1, 0.15) is 0 Å². The maximum atomic E-state index is 12.3. The van der Waals surface area contributed by atoms with Crippen molar-refractivity contribution in [1.29, 1.82) is 0 Å². The number of hydrogen-bond acceptors (Lipinski definition) is 5. The Morgan fingerprint density at radius 3 is 2.50 bits per heavy atom. The van der Waals surface area contributed by atoms with Crippen molar-refractivity contribution in [2.75, 3.05) is 26.2 Å². The molecule has 146 valence electrons. The Kier molecular flexibility index (Phi) is 5.40. The molecule has 0 spiro atoms. The van der Waals surface area contributed by atoms with Crippen LogP contribution in [-0.4, -0.2) is 33.4 Å². The first-order valence-electron chi connectivity index (χ1n) is 8.99. The van der Waals surface area contributed by atoms with Gasteiger partial charge in [0.15, 0.2) is 11.5 Å². The molecule has 0 radical (unpaired) electrons. The van der Waals surface area contributed by atoms with Crippen LogP contribution in [0.25, 0.3) is 0 Å². The van der Waals surface area contributed by atoms with Gasteiger partial charge in [0.25, 0.3) is 5.91 Å². The van der Waals surface area contributed by atoms with E-state index in [-0.39, 0.29) is 11.3 Å². The maximum Gasteiger partial charge on any atom is 0.271 e. The zero-order chi connectivity index (χ0) is 20.3. The molecule has 1 aliphatic rings. The number of benzene rings is 2. The van der Waals surface area contributed by atoms with Crippen molar-refractivity contribution in [2.45, 2.75) is 19.3 Å². The summed E-state index contributed by atoms with van der Waals surface area (Å²) in [5.74, 6) is 0.740. The van der Waals surface area contributed by atoms with Gasteiger partial charge in [-0.3, -0.25) is 4.79 Å². The number of para-hydroxylation sites is 1. The highest BCUT2D eigenvalue weighted by Gasteiger charge is 2.37. The minimum absolute atomic E-state index is 0.134. The maximum absolute atomic E-state index is 12.3. The molecule has 0 saturated carbocycles. The fourth-order valence-electron chi connectivity index (χ4n) is 3.55. The van der Waals surface area contributed by atoms with Crippen LogP contribution in [0.15, 0.2) is 59.3 Å². The number of fused-ring (bicyclic) bond motifs is 1. The molecule has 0 fully saturated rings. The fraction of sp³-hybridized carbons (Fsp3) is 0.273. The Bertz CT molecular complexity index is 948. The predicted octanol–water partition coefficient (Wildman–Crippen LogP) is 3.73. The molecule has 0 unspecified atom stereocenters. The topological polar surface area (TPSA) is 63.2 Å². The number of anilines is 1. The van der Waals surface area contributed by atoms with Crippen molar-refractivity contribution in [3.8, 4) is 11.5 Å². The van der Waals surface area contributed by atoms with Gasteiger partial charge in [0.2, 0.25) is 0 Å². The van der Waals surface area contributed by atoms with E-state index in [4.69, 9.17) is 9.47 Å². The van der Waals surface area contributed by atoms with Crippen LogP contribution in [0.4, 0.5) is 5.69 Å². The molecular formula is C22H25N3O3. The molecule has 0 saturated heterocycles. The number of nitrogens with one attached hydrogen (secondary N) is 1. The molecule has 0 aliphatic carbocycles. The first-order valence-corrected chi connectivity index (χ1v) is 8.99. The second-order valence-electron chi connectivity index (χ2n) is 7.04. The molecule has 2 aromatic carbocycles. The minimum atomic E-state index is -0.321. The summed E-state index contributed by atoms with van der Waals surface area (Å²) in [6, 6.07) is 13.3. The number of allylic oxidation sites excluding steroid dienone is 2. The van der Waals surface area contributed by atoms with Gasteiger partial charge < -0.3 is 14.4 Å². The monoisotopic (exact) mass is 379 g/mol. The van der Waals surface area contributed by atoms with E-state index in [1.807, 2.05) is 19.2 Å². The summed E-state index contributed by atoms with van der Waals surface area (Å²) >= 11 is 0. The number of hydrogen-bond donors (Lipinski definition) is 1. The van der Waals surface area contributed by atoms with Crippen LogP contribution in [0.1, 0.15) is 29.8 Å². The quantitative estimate of drug-likeness (QED) is 0.635. The van der Waals surface area contributed by atoms with Crippen molar-refractivity contribution in [3.05, 3.63) is 65.4 Å². The third kappa shape index (κ3) is 3.45. The number of carbonyl (C=O) groups excluding carboxylic acids is 1. The van der Waals surface area contributed by atoms with Crippen molar-refractivity contribution in [1.82, 2.24) is 5.43 Å². The van der Waals surface area contributed by atoms with Crippen LogP contribution in [-0.2, 0) is 5.41 Å². The smallest absolute Gasteiger partial charge is 0.271 e. The summed E-state index contributed by atoms with van der Waals surface area (Å²) in [6.45, 7) is 4.36. The van der Waals surface area contributed by atoms with E-state index in [1.165, 1.54) is 18.4 Å². The van der Waals surface area contributed by atoms with Gasteiger partial charge in [-0.05, 0) is 35.9 Å². The van der Waals surface area contributed by atoms with E-state index in [9.17, 15) is 4.79 Å². The molecule has 3 rings (SSSR count). The molecule has 1 aliphatic heterocycles. The fourth-order valence-corrected chi connectivity index (χ4v) is 3.55. The number of carbonyl (C=O) groups is 1.